The number of nitrogens with two attached hydrogens (primary N) is 2. The van der Waals surface area contributed by atoms with Crippen LogP contribution in [0.4, 0.5) is 5.82 Å². The van der Waals surface area contributed by atoms with E-state index in [1.54, 1.807) is 18.3 Å². The number of aromatic nitrogens is 1. The number of hydrogen-bond acceptors (Lipinski definition) is 5. The van der Waals surface area contributed by atoms with Crippen molar-refractivity contribution in [1.82, 2.24) is 9.88 Å². The van der Waals surface area contributed by atoms with Crippen molar-refractivity contribution in [1.29, 1.82) is 0 Å². The van der Waals surface area contributed by atoms with Crippen LogP contribution in [0, 0.1) is 0 Å². The topological polar surface area (TPSA) is 114 Å². The Morgan fingerprint density at radius 3 is 2.65 bits per heavy atom. The van der Waals surface area contributed by atoms with E-state index in [4.69, 9.17) is 11.5 Å². The molecule has 0 aromatic carbocycles. The van der Waals surface area contributed by atoms with E-state index in [-0.39, 0.29) is 11.9 Å². The molecule has 0 spiro atoms. The van der Waals surface area contributed by atoms with Crippen LogP contribution in [0.2, 0.25) is 0 Å². The number of carbonyl (C=O) groups excluding carboxylic acids is 2. The maximum Gasteiger partial charge on any atom is 0.252 e. The summed E-state index contributed by atoms with van der Waals surface area (Å²) in [6.45, 7) is 1.88. The van der Waals surface area contributed by atoms with Crippen LogP contribution in [0.3, 0.4) is 0 Å². The third-order valence-electron chi connectivity index (χ3n) is 3.38. The lowest BCUT2D eigenvalue weighted by Crippen LogP contribution is -2.43. The van der Waals surface area contributed by atoms with Crippen LogP contribution in [0.15, 0.2) is 18.3 Å². The number of hydrogen-bond donors (Lipinski definition) is 3. The van der Waals surface area contributed by atoms with Gasteiger partial charge in [-0.05, 0) is 25.0 Å². The predicted molar refractivity (Wildman–Crippen MR) is 75.0 cm³/mol. The molecular weight excluding hydrogens is 258 g/mol. The average Bonchev–Trinajstić information content (AvgIpc) is 2.41. The first-order valence-corrected chi connectivity index (χ1v) is 6.58. The van der Waals surface area contributed by atoms with Crippen LogP contribution in [0.5, 0.6) is 0 Å². The van der Waals surface area contributed by atoms with Crippen LogP contribution >= 0.6 is 0 Å². The van der Waals surface area contributed by atoms with Crippen molar-refractivity contribution >= 4 is 17.6 Å². The van der Waals surface area contributed by atoms with E-state index >= 15 is 0 Å². The van der Waals surface area contributed by atoms with Crippen LogP contribution in [0.1, 0.15) is 23.2 Å². The summed E-state index contributed by atoms with van der Waals surface area (Å²) in [6.07, 6.45) is 3.35. The lowest BCUT2D eigenvalue weighted by Gasteiger charge is -2.31. The summed E-state index contributed by atoms with van der Waals surface area (Å²) >= 11 is 0. The maximum absolute atomic E-state index is 11.3. The van der Waals surface area contributed by atoms with Crippen molar-refractivity contribution in [3.05, 3.63) is 23.9 Å². The van der Waals surface area contributed by atoms with Gasteiger partial charge in [0.15, 0.2) is 0 Å². The van der Waals surface area contributed by atoms with E-state index < -0.39 is 5.91 Å². The molecule has 2 heterocycles. The van der Waals surface area contributed by atoms with Gasteiger partial charge in [-0.3, -0.25) is 14.5 Å². The van der Waals surface area contributed by atoms with Gasteiger partial charge in [-0.25, -0.2) is 4.98 Å². The molecule has 7 nitrogen and oxygen atoms in total. The molecule has 7 heteroatoms. The molecule has 108 valence electrons. The molecule has 1 saturated heterocycles. The highest BCUT2D eigenvalue weighted by Gasteiger charge is 2.21. The molecule has 20 heavy (non-hydrogen) atoms. The van der Waals surface area contributed by atoms with Gasteiger partial charge >= 0.3 is 0 Å². The SMILES string of the molecule is NC(=O)CN1CCC(Nc2ncccc2C(N)=O)CC1. The van der Waals surface area contributed by atoms with E-state index in [1.165, 1.54) is 0 Å². The Bertz CT molecular complexity index is 497. The monoisotopic (exact) mass is 277 g/mol. The number of rotatable bonds is 5. The lowest BCUT2D eigenvalue weighted by molar-refractivity contribution is -0.119. The molecule has 0 atom stereocenters. The zero-order valence-corrected chi connectivity index (χ0v) is 11.2. The van der Waals surface area contributed by atoms with E-state index in [0.717, 1.165) is 25.9 Å². The number of amides is 2. The zero-order chi connectivity index (χ0) is 14.5. The van der Waals surface area contributed by atoms with Gasteiger partial charge in [0.05, 0.1) is 12.1 Å². The molecule has 0 radical (unpaired) electrons. The molecule has 1 aliphatic heterocycles. The Labute approximate surface area is 117 Å². The molecular formula is C13H19N5O2. The third kappa shape index (κ3) is 3.67. The van der Waals surface area contributed by atoms with Crippen molar-refractivity contribution in [3.63, 3.8) is 0 Å². The fourth-order valence-corrected chi connectivity index (χ4v) is 2.37. The minimum Gasteiger partial charge on any atom is -0.369 e. The first-order chi connectivity index (χ1) is 9.56. The number of pyridine rings is 1. The minimum atomic E-state index is -0.494. The summed E-state index contributed by atoms with van der Waals surface area (Å²) in [5.41, 5.74) is 10.9. The highest BCUT2D eigenvalue weighted by atomic mass is 16.1. The Kier molecular flexibility index (Phi) is 4.52. The van der Waals surface area contributed by atoms with Gasteiger partial charge in [0, 0.05) is 25.3 Å². The number of piperidine rings is 1. The first kappa shape index (κ1) is 14.3. The van der Waals surface area contributed by atoms with Gasteiger partial charge in [-0.1, -0.05) is 0 Å². The molecule has 1 fully saturated rings. The standard InChI is InChI=1S/C13H19N5O2/c14-11(19)8-18-6-3-9(4-7-18)17-13-10(12(15)20)2-1-5-16-13/h1-2,5,9H,3-4,6-8H2,(H2,14,19)(H2,15,20)(H,16,17). The second-order valence-electron chi connectivity index (χ2n) is 4.92. The number of nitrogens with one attached hydrogen (secondary N) is 1. The molecule has 1 aromatic rings. The largest absolute Gasteiger partial charge is 0.369 e. The van der Waals surface area contributed by atoms with Crippen molar-refractivity contribution in [2.24, 2.45) is 11.5 Å². The molecule has 2 rings (SSSR count). The Morgan fingerprint density at radius 1 is 1.35 bits per heavy atom. The number of anilines is 1. The maximum atomic E-state index is 11.3. The third-order valence-corrected chi connectivity index (χ3v) is 3.38. The van der Waals surface area contributed by atoms with Crippen LogP contribution < -0.4 is 16.8 Å². The van der Waals surface area contributed by atoms with Gasteiger partial charge < -0.3 is 16.8 Å². The van der Waals surface area contributed by atoms with E-state index in [2.05, 4.69) is 10.3 Å². The van der Waals surface area contributed by atoms with Crippen LogP contribution in [0.25, 0.3) is 0 Å². The number of primary amides is 2. The Balaban J connectivity index is 1.93. The average molecular weight is 277 g/mol. The smallest absolute Gasteiger partial charge is 0.252 e. The van der Waals surface area contributed by atoms with E-state index in [9.17, 15) is 9.59 Å². The van der Waals surface area contributed by atoms with Crippen LogP contribution in [-0.4, -0.2) is 47.4 Å². The predicted octanol–water partition coefficient (Wildman–Crippen LogP) is -0.458. The molecule has 0 saturated carbocycles. The summed E-state index contributed by atoms with van der Waals surface area (Å²) < 4.78 is 0. The van der Waals surface area contributed by atoms with Gasteiger partial charge in [-0.2, -0.15) is 0 Å². The Morgan fingerprint density at radius 2 is 2.05 bits per heavy atom. The molecule has 0 bridgehead atoms. The van der Waals surface area contributed by atoms with Crippen molar-refractivity contribution in [2.45, 2.75) is 18.9 Å². The highest BCUT2D eigenvalue weighted by Crippen LogP contribution is 2.17. The summed E-state index contributed by atoms with van der Waals surface area (Å²) in [5, 5.41) is 3.25. The zero-order valence-electron chi connectivity index (χ0n) is 11.2. The molecule has 1 aromatic heterocycles. The second kappa shape index (κ2) is 6.33. The number of likely N-dealkylation sites (tertiary alicyclic amines) is 1. The summed E-state index contributed by atoms with van der Waals surface area (Å²) in [4.78, 5) is 28.4. The lowest BCUT2D eigenvalue weighted by atomic mass is 10.0. The normalized spacial score (nSPS) is 16.8. The highest BCUT2D eigenvalue weighted by molar-refractivity contribution is 5.97. The van der Waals surface area contributed by atoms with Crippen molar-refractivity contribution in [3.8, 4) is 0 Å². The second-order valence-corrected chi connectivity index (χ2v) is 4.92. The molecule has 5 N–H and O–H groups in total. The molecule has 2 amide bonds. The van der Waals surface area contributed by atoms with Gasteiger partial charge in [0.2, 0.25) is 5.91 Å². The molecule has 1 aliphatic rings. The summed E-state index contributed by atoms with van der Waals surface area (Å²) in [5.74, 6) is -0.280. The van der Waals surface area contributed by atoms with Crippen molar-refractivity contribution < 1.29 is 9.59 Å². The van der Waals surface area contributed by atoms with Crippen LogP contribution in [-0.2, 0) is 4.79 Å². The number of nitrogens with zero attached hydrogens (tertiary/aromatic N) is 2. The van der Waals surface area contributed by atoms with Gasteiger partial charge in [-0.15, -0.1) is 0 Å². The van der Waals surface area contributed by atoms with Crippen molar-refractivity contribution in [2.75, 3.05) is 25.0 Å². The number of carbonyl (C=O) groups is 2. The van der Waals surface area contributed by atoms with E-state index in [0.29, 0.717) is 17.9 Å². The van der Waals surface area contributed by atoms with E-state index in [1.807, 2.05) is 4.90 Å². The first-order valence-electron chi connectivity index (χ1n) is 6.58. The summed E-state index contributed by atoms with van der Waals surface area (Å²) in [6, 6.07) is 3.55. The fraction of sp³-hybridized carbons (Fsp3) is 0.462. The Hall–Kier alpha value is -2.15. The minimum absolute atomic E-state index is 0.215. The molecule has 0 aliphatic carbocycles. The van der Waals surface area contributed by atoms with Gasteiger partial charge in [0.25, 0.3) is 5.91 Å². The summed E-state index contributed by atoms with van der Waals surface area (Å²) in [7, 11) is 0. The molecule has 0 unspecified atom stereocenters. The van der Waals surface area contributed by atoms with Gasteiger partial charge in [0.1, 0.15) is 5.82 Å². The fourth-order valence-electron chi connectivity index (χ4n) is 2.37. The quantitative estimate of drug-likeness (QED) is 0.674.